The summed E-state index contributed by atoms with van der Waals surface area (Å²) in [6.45, 7) is 0.0835. The molecular weight excluding hydrogens is 490 g/mol. The van der Waals surface area contributed by atoms with Crippen LogP contribution in [0.4, 0.5) is 0 Å². The number of fused-ring (bicyclic) bond motifs is 1. The Balaban J connectivity index is 1.32. The summed E-state index contributed by atoms with van der Waals surface area (Å²) in [5.74, 6) is -1.42. The van der Waals surface area contributed by atoms with Crippen molar-refractivity contribution in [1.82, 2.24) is 4.98 Å². The zero-order chi connectivity index (χ0) is 26.2. The Morgan fingerprint density at radius 2 is 1.65 bits per heavy atom. The van der Waals surface area contributed by atoms with Crippen molar-refractivity contribution in [3.63, 3.8) is 0 Å². The van der Waals surface area contributed by atoms with Crippen molar-refractivity contribution in [2.24, 2.45) is 0 Å². The van der Waals surface area contributed by atoms with Crippen molar-refractivity contribution < 1.29 is 23.9 Å². The summed E-state index contributed by atoms with van der Waals surface area (Å²) < 4.78 is 10.1. The van der Waals surface area contributed by atoms with Crippen LogP contribution in [0.1, 0.15) is 50.4 Å². The van der Waals surface area contributed by atoms with Crippen LogP contribution in [0, 0.1) is 0 Å². The molecule has 3 aromatic carbocycles. The van der Waals surface area contributed by atoms with E-state index in [9.17, 15) is 14.4 Å². The Bertz CT molecular complexity index is 1490. The third kappa shape index (κ3) is 6.90. The highest BCUT2D eigenvalue weighted by Gasteiger charge is 2.18. The van der Waals surface area contributed by atoms with E-state index in [0.29, 0.717) is 5.02 Å². The molecule has 0 spiro atoms. The molecule has 186 valence electrons. The zero-order valence-electron chi connectivity index (χ0n) is 20.1. The molecule has 0 N–H and O–H groups in total. The van der Waals surface area contributed by atoms with E-state index < -0.39 is 11.9 Å². The molecule has 0 radical (unpaired) electrons. The molecule has 0 unspecified atom stereocenters. The Morgan fingerprint density at radius 1 is 0.865 bits per heavy atom. The van der Waals surface area contributed by atoms with E-state index in [-0.39, 0.29) is 36.4 Å². The lowest BCUT2D eigenvalue weighted by Gasteiger charge is -2.08. The van der Waals surface area contributed by atoms with Crippen LogP contribution in [0.5, 0.6) is 0 Å². The maximum Gasteiger partial charge on any atom is 0.338 e. The van der Waals surface area contributed by atoms with Gasteiger partial charge >= 0.3 is 11.9 Å². The van der Waals surface area contributed by atoms with Gasteiger partial charge in [-0.1, -0.05) is 66.2 Å². The molecule has 0 aliphatic carbocycles. The Labute approximate surface area is 219 Å². The van der Waals surface area contributed by atoms with Crippen molar-refractivity contribution in [3.05, 3.63) is 112 Å². The first-order valence-corrected chi connectivity index (χ1v) is 12.0. The van der Waals surface area contributed by atoms with E-state index >= 15 is 0 Å². The largest absolute Gasteiger partial charge is 0.465 e. The maximum absolute atomic E-state index is 12.6. The first kappa shape index (κ1) is 25.8. The van der Waals surface area contributed by atoms with Crippen LogP contribution in [-0.2, 0) is 20.9 Å². The van der Waals surface area contributed by atoms with E-state index in [1.807, 2.05) is 66.7 Å². The summed E-state index contributed by atoms with van der Waals surface area (Å²) in [4.78, 5) is 41.3. The average molecular weight is 514 g/mol. The molecule has 37 heavy (non-hydrogen) atoms. The third-order valence-electron chi connectivity index (χ3n) is 5.66. The van der Waals surface area contributed by atoms with Crippen molar-refractivity contribution in [2.75, 3.05) is 7.11 Å². The molecule has 1 heterocycles. The SMILES string of the molecule is COC(=O)c1ccccc1C(=O)CCC(=O)OCc1cccc(C=Cc2ccc3ccc(Cl)cc3n2)c1. The van der Waals surface area contributed by atoms with Crippen molar-refractivity contribution >= 4 is 52.4 Å². The molecule has 0 aliphatic rings. The van der Waals surface area contributed by atoms with E-state index in [1.54, 1.807) is 18.2 Å². The fraction of sp³-hybridized carbons (Fsp3) is 0.133. The summed E-state index contributed by atoms with van der Waals surface area (Å²) in [7, 11) is 1.25. The van der Waals surface area contributed by atoms with Gasteiger partial charge in [0.1, 0.15) is 6.61 Å². The van der Waals surface area contributed by atoms with Gasteiger partial charge in [0.2, 0.25) is 0 Å². The zero-order valence-corrected chi connectivity index (χ0v) is 20.9. The predicted molar refractivity (Wildman–Crippen MR) is 143 cm³/mol. The molecular formula is C30H24ClNO5. The number of aromatic nitrogens is 1. The lowest BCUT2D eigenvalue weighted by atomic mass is 10.0. The number of halogens is 1. The monoisotopic (exact) mass is 513 g/mol. The molecule has 0 aliphatic heterocycles. The second-order valence-electron chi connectivity index (χ2n) is 8.27. The summed E-state index contributed by atoms with van der Waals surface area (Å²) in [5.41, 5.74) is 3.77. The number of ketones is 1. The van der Waals surface area contributed by atoms with Crippen molar-refractivity contribution in [1.29, 1.82) is 0 Å². The maximum atomic E-state index is 12.6. The van der Waals surface area contributed by atoms with Crippen LogP contribution in [-0.4, -0.2) is 29.8 Å². The highest BCUT2D eigenvalue weighted by Crippen LogP contribution is 2.19. The minimum atomic E-state index is -0.596. The number of hydrogen-bond donors (Lipinski definition) is 0. The second kappa shape index (κ2) is 12.1. The molecule has 4 rings (SSSR count). The van der Waals surface area contributed by atoms with Gasteiger partial charge in [0.05, 0.1) is 30.3 Å². The number of ether oxygens (including phenoxy) is 2. The minimum absolute atomic E-state index is 0.0699. The molecule has 0 fully saturated rings. The summed E-state index contributed by atoms with van der Waals surface area (Å²) in [6.07, 6.45) is 3.68. The number of carbonyl (C=O) groups excluding carboxylic acids is 3. The fourth-order valence-electron chi connectivity index (χ4n) is 3.77. The quantitative estimate of drug-likeness (QED) is 0.186. The smallest absolute Gasteiger partial charge is 0.338 e. The first-order valence-electron chi connectivity index (χ1n) is 11.6. The molecule has 0 amide bonds. The van der Waals surface area contributed by atoms with Crippen LogP contribution < -0.4 is 0 Å². The number of pyridine rings is 1. The summed E-state index contributed by atoms with van der Waals surface area (Å²) in [5, 5.41) is 1.65. The number of nitrogens with zero attached hydrogens (tertiary/aromatic N) is 1. The summed E-state index contributed by atoms with van der Waals surface area (Å²) in [6, 6.07) is 23.5. The van der Waals surface area contributed by atoms with Crippen LogP contribution in [0.25, 0.3) is 23.1 Å². The highest BCUT2D eigenvalue weighted by molar-refractivity contribution is 6.31. The number of carbonyl (C=O) groups is 3. The van der Waals surface area contributed by atoms with Gasteiger partial charge in [-0.05, 0) is 47.5 Å². The van der Waals surface area contributed by atoms with E-state index in [2.05, 4.69) is 4.98 Å². The molecule has 7 heteroatoms. The number of methoxy groups -OCH3 is 1. The van der Waals surface area contributed by atoms with E-state index in [4.69, 9.17) is 21.1 Å². The van der Waals surface area contributed by atoms with Crippen molar-refractivity contribution in [2.45, 2.75) is 19.4 Å². The second-order valence-corrected chi connectivity index (χ2v) is 8.71. The fourth-order valence-corrected chi connectivity index (χ4v) is 3.93. The van der Waals surface area contributed by atoms with Crippen LogP contribution >= 0.6 is 11.6 Å². The molecule has 1 aromatic heterocycles. The van der Waals surface area contributed by atoms with Gasteiger partial charge < -0.3 is 9.47 Å². The Kier molecular flexibility index (Phi) is 8.44. The van der Waals surface area contributed by atoms with Crippen LogP contribution in [0.15, 0.2) is 78.9 Å². The minimum Gasteiger partial charge on any atom is -0.465 e. The Morgan fingerprint density at radius 3 is 2.46 bits per heavy atom. The van der Waals surface area contributed by atoms with E-state index in [0.717, 1.165) is 27.7 Å². The lowest BCUT2D eigenvalue weighted by Crippen LogP contribution is -2.12. The van der Waals surface area contributed by atoms with Crippen molar-refractivity contribution in [3.8, 4) is 0 Å². The molecule has 0 saturated carbocycles. The number of benzene rings is 3. The average Bonchev–Trinajstić information content (AvgIpc) is 2.93. The first-order chi connectivity index (χ1) is 17.9. The number of rotatable bonds is 9. The van der Waals surface area contributed by atoms with E-state index in [1.165, 1.54) is 13.2 Å². The topological polar surface area (TPSA) is 82.6 Å². The summed E-state index contributed by atoms with van der Waals surface area (Å²) >= 11 is 6.07. The number of esters is 2. The number of Topliss-reactive ketones (excluding diaryl/α,β-unsaturated/α-hetero) is 1. The lowest BCUT2D eigenvalue weighted by molar-refractivity contribution is -0.144. The van der Waals surface area contributed by atoms with Gasteiger partial charge in [-0.25, -0.2) is 9.78 Å². The van der Waals surface area contributed by atoms with Gasteiger partial charge in [-0.2, -0.15) is 0 Å². The predicted octanol–water partition coefficient (Wildman–Crippen LogP) is 6.55. The van der Waals surface area contributed by atoms with Crippen LogP contribution in [0.2, 0.25) is 5.02 Å². The molecule has 4 aromatic rings. The molecule has 0 atom stereocenters. The standard InChI is InChI=1S/C30H24ClNO5/c1-36-30(35)26-8-3-2-7-25(26)28(33)15-16-29(34)37-19-21-6-4-5-20(17-21)9-13-24-14-11-22-10-12-23(31)18-27(22)32-24/h2-14,17-18H,15-16,19H2,1H3. The molecule has 6 nitrogen and oxygen atoms in total. The normalized spacial score (nSPS) is 11.0. The van der Waals surface area contributed by atoms with Gasteiger partial charge in [0.25, 0.3) is 0 Å². The third-order valence-corrected chi connectivity index (χ3v) is 5.90. The molecule has 0 saturated heterocycles. The Hall–Kier alpha value is -4.29. The van der Waals surface area contributed by atoms with Gasteiger partial charge in [0, 0.05) is 22.4 Å². The van der Waals surface area contributed by atoms with Gasteiger partial charge in [-0.15, -0.1) is 0 Å². The highest BCUT2D eigenvalue weighted by atomic mass is 35.5. The molecule has 0 bridgehead atoms. The van der Waals surface area contributed by atoms with Gasteiger partial charge in [0.15, 0.2) is 5.78 Å². The van der Waals surface area contributed by atoms with Crippen LogP contribution in [0.3, 0.4) is 0 Å². The van der Waals surface area contributed by atoms with Gasteiger partial charge in [-0.3, -0.25) is 9.59 Å². The number of hydrogen-bond acceptors (Lipinski definition) is 6.